The molecule has 10 nitrogen and oxygen atoms in total. The van der Waals surface area contributed by atoms with Crippen LogP contribution in [-0.2, 0) is 4.74 Å². The summed E-state index contributed by atoms with van der Waals surface area (Å²) in [6.45, 7) is 7.02. The lowest BCUT2D eigenvalue weighted by Gasteiger charge is -2.36. The number of amides is 1. The molecule has 0 saturated carbocycles. The van der Waals surface area contributed by atoms with Crippen LogP contribution in [0, 0.1) is 11.6 Å². The van der Waals surface area contributed by atoms with E-state index in [4.69, 9.17) is 15.3 Å². The molecule has 2 aromatic heterocycles. The van der Waals surface area contributed by atoms with Crippen molar-refractivity contribution >= 4 is 28.9 Å². The summed E-state index contributed by atoms with van der Waals surface area (Å²) in [5, 5.41) is 0.325. The minimum Gasteiger partial charge on any atom is -0.496 e. The van der Waals surface area contributed by atoms with Gasteiger partial charge in [0.15, 0.2) is 11.5 Å². The number of anilines is 2. The highest BCUT2D eigenvalue weighted by atomic mass is 19.1. The van der Waals surface area contributed by atoms with Crippen molar-refractivity contribution in [3.63, 3.8) is 0 Å². The molecule has 3 heterocycles. The molecule has 12 heteroatoms. The first-order valence-electron chi connectivity index (χ1n) is 11.0. The number of carbonyl (C=O) groups excluding carboxylic acids is 1. The molecule has 35 heavy (non-hydrogen) atoms. The summed E-state index contributed by atoms with van der Waals surface area (Å²) in [5.41, 5.74) is 1.57. The first kappa shape index (κ1) is 24.3. The average molecular weight is 488 g/mol. The Morgan fingerprint density at radius 3 is 2.43 bits per heavy atom. The number of aromatic nitrogens is 3. The second-order valence-corrected chi connectivity index (χ2v) is 8.98. The van der Waals surface area contributed by atoms with E-state index >= 15 is 4.39 Å². The van der Waals surface area contributed by atoms with Crippen molar-refractivity contribution in [3.8, 4) is 17.0 Å². The number of hydrogen-bond donors (Lipinski definition) is 2. The van der Waals surface area contributed by atoms with Gasteiger partial charge in [0.05, 0.1) is 18.1 Å². The number of halogens is 2. The fraction of sp³-hybridized carbons (Fsp3) is 0.391. The summed E-state index contributed by atoms with van der Waals surface area (Å²) in [6.07, 6.45) is -0.398. The number of pyridine rings is 1. The Bertz CT molecular complexity index is 1260. The van der Waals surface area contributed by atoms with Gasteiger partial charge in [-0.15, -0.1) is 0 Å². The number of hydrazine groups is 1. The van der Waals surface area contributed by atoms with Crippen LogP contribution in [0.25, 0.3) is 22.3 Å². The van der Waals surface area contributed by atoms with E-state index in [-0.39, 0.29) is 28.6 Å². The topological polar surface area (TPSA) is 119 Å². The number of carbonyl (C=O) groups is 1. The molecule has 0 radical (unpaired) electrons. The van der Waals surface area contributed by atoms with Gasteiger partial charge in [-0.1, -0.05) is 6.07 Å². The Balaban J connectivity index is 1.70. The molecule has 1 amide bonds. The van der Waals surface area contributed by atoms with Crippen LogP contribution in [0.4, 0.5) is 25.3 Å². The number of methoxy groups -OCH3 is 1. The Labute approximate surface area is 201 Å². The van der Waals surface area contributed by atoms with Crippen molar-refractivity contribution in [2.45, 2.75) is 26.4 Å². The van der Waals surface area contributed by atoms with Crippen LogP contribution in [0.3, 0.4) is 0 Å². The van der Waals surface area contributed by atoms with Gasteiger partial charge in [-0.3, -0.25) is 5.43 Å². The van der Waals surface area contributed by atoms with Crippen molar-refractivity contribution < 1.29 is 23.0 Å². The summed E-state index contributed by atoms with van der Waals surface area (Å²) >= 11 is 0. The Morgan fingerprint density at radius 2 is 1.80 bits per heavy atom. The molecular formula is C23H27F2N7O3. The number of nitrogens with two attached hydrogens (primary N) is 1. The number of hydrogen-bond acceptors (Lipinski definition) is 9. The highest BCUT2D eigenvalue weighted by Crippen LogP contribution is 2.35. The number of rotatable bonds is 4. The standard InChI is InChI=1S/C23H27F2N7O3/c1-23(2,3)35-22(33)32-10-8-31(9-11-32)20-13-12-15(25)18(27-19(13)28-21(29-20)30-26)17-14(24)6-5-7-16(17)34-4/h5-7,12H,8-11,26H2,1-4H3,(H,27,28,29,30). The molecule has 4 rings (SSSR count). The Kier molecular flexibility index (Phi) is 6.57. The molecule has 186 valence electrons. The molecule has 1 fully saturated rings. The highest BCUT2D eigenvalue weighted by molar-refractivity contribution is 5.90. The SMILES string of the molecule is COc1cccc(F)c1-c1nc2nc(NN)nc(N3CCN(C(=O)OC(C)(C)C)CC3)c2cc1F. The van der Waals surface area contributed by atoms with Gasteiger partial charge in [0.25, 0.3) is 0 Å². The third-order valence-corrected chi connectivity index (χ3v) is 5.41. The minimum atomic E-state index is -0.758. The third-order valence-electron chi connectivity index (χ3n) is 5.41. The fourth-order valence-corrected chi connectivity index (χ4v) is 3.83. The summed E-state index contributed by atoms with van der Waals surface area (Å²) in [5.74, 6) is 4.72. The molecule has 0 atom stereocenters. The smallest absolute Gasteiger partial charge is 0.410 e. The second kappa shape index (κ2) is 9.45. The van der Waals surface area contributed by atoms with Gasteiger partial charge in [0.2, 0.25) is 5.95 Å². The Hall–Kier alpha value is -3.80. The number of ether oxygens (including phenoxy) is 2. The van der Waals surface area contributed by atoms with Crippen LogP contribution < -0.4 is 20.9 Å². The molecule has 0 bridgehead atoms. The number of piperazine rings is 1. The van der Waals surface area contributed by atoms with E-state index in [2.05, 4.69) is 20.4 Å². The van der Waals surface area contributed by atoms with Crippen LogP contribution >= 0.6 is 0 Å². The van der Waals surface area contributed by atoms with E-state index in [0.29, 0.717) is 37.4 Å². The molecule has 1 saturated heterocycles. The maximum absolute atomic E-state index is 15.3. The van der Waals surface area contributed by atoms with Gasteiger partial charge in [0, 0.05) is 26.2 Å². The minimum absolute atomic E-state index is 0.0626. The van der Waals surface area contributed by atoms with Crippen LogP contribution in [0.2, 0.25) is 0 Å². The first-order valence-corrected chi connectivity index (χ1v) is 11.0. The Morgan fingerprint density at radius 1 is 1.09 bits per heavy atom. The zero-order chi connectivity index (χ0) is 25.3. The number of nitrogen functional groups attached to an aromatic ring is 1. The molecule has 1 aromatic carbocycles. The van der Waals surface area contributed by atoms with Crippen molar-refractivity contribution in [2.75, 3.05) is 43.6 Å². The first-order chi connectivity index (χ1) is 16.6. The van der Waals surface area contributed by atoms with Crippen LogP contribution in [0.5, 0.6) is 5.75 Å². The lowest BCUT2D eigenvalue weighted by molar-refractivity contribution is 0.0240. The van der Waals surface area contributed by atoms with Crippen LogP contribution in [0.1, 0.15) is 20.8 Å². The van der Waals surface area contributed by atoms with Gasteiger partial charge < -0.3 is 19.3 Å². The van der Waals surface area contributed by atoms with E-state index in [1.54, 1.807) is 4.90 Å². The van der Waals surface area contributed by atoms with E-state index in [1.807, 2.05) is 25.7 Å². The van der Waals surface area contributed by atoms with Gasteiger partial charge in [0.1, 0.15) is 28.7 Å². The number of nitrogens with zero attached hydrogens (tertiary/aromatic N) is 5. The van der Waals surface area contributed by atoms with E-state index in [0.717, 1.165) is 0 Å². The molecule has 3 N–H and O–H groups in total. The lowest BCUT2D eigenvalue weighted by atomic mass is 10.1. The highest BCUT2D eigenvalue weighted by Gasteiger charge is 2.28. The molecule has 0 aliphatic carbocycles. The molecule has 1 aliphatic rings. The van der Waals surface area contributed by atoms with Crippen molar-refractivity contribution in [3.05, 3.63) is 35.9 Å². The van der Waals surface area contributed by atoms with E-state index in [9.17, 15) is 9.18 Å². The number of nitrogens with one attached hydrogen (secondary N) is 1. The molecule has 0 unspecified atom stereocenters. The molecular weight excluding hydrogens is 460 g/mol. The summed E-state index contributed by atoms with van der Waals surface area (Å²) in [6, 6.07) is 5.40. The van der Waals surface area contributed by atoms with E-state index < -0.39 is 23.3 Å². The van der Waals surface area contributed by atoms with Gasteiger partial charge >= 0.3 is 6.09 Å². The van der Waals surface area contributed by atoms with Crippen molar-refractivity contribution in [1.29, 1.82) is 0 Å². The molecule has 1 aliphatic heterocycles. The van der Waals surface area contributed by atoms with Crippen LogP contribution in [-0.4, -0.2) is 64.8 Å². The van der Waals surface area contributed by atoms with Gasteiger partial charge in [-0.25, -0.2) is 24.4 Å². The predicted molar refractivity (Wildman–Crippen MR) is 127 cm³/mol. The quantitative estimate of drug-likeness (QED) is 0.422. The summed E-state index contributed by atoms with van der Waals surface area (Å²) < 4.78 is 40.6. The normalized spacial score (nSPS) is 14.3. The third kappa shape index (κ3) is 5.02. The average Bonchev–Trinajstić information content (AvgIpc) is 2.82. The van der Waals surface area contributed by atoms with Crippen molar-refractivity contribution in [2.24, 2.45) is 5.84 Å². The largest absolute Gasteiger partial charge is 0.496 e. The maximum atomic E-state index is 15.3. The fourth-order valence-electron chi connectivity index (χ4n) is 3.83. The number of benzene rings is 1. The molecule has 0 spiro atoms. The molecule has 3 aromatic rings. The second-order valence-electron chi connectivity index (χ2n) is 8.98. The van der Waals surface area contributed by atoms with E-state index in [1.165, 1.54) is 31.4 Å². The van der Waals surface area contributed by atoms with Gasteiger partial charge in [-0.2, -0.15) is 9.97 Å². The zero-order valence-electron chi connectivity index (χ0n) is 19.9. The zero-order valence-corrected chi connectivity index (χ0v) is 19.9. The monoisotopic (exact) mass is 487 g/mol. The van der Waals surface area contributed by atoms with Crippen LogP contribution in [0.15, 0.2) is 24.3 Å². The predicted octanol–water partition coefficient (Wildman–Crippen LogP) is 3.32. The maximum Gasteiger partial charge on any atom is 0.410 e. The van der Waals surface area contributed by atoms with Gasteiger partial charge in [-0.05, 0) is 39.0 Å². The summed E-state index contributed by atoms with van der Waals surface area (Å²) in [4.78, 5) is 28.9. The van der Waals surface area contributed by atoms with Crippen molar-refractivity contribution in [1.82, 2.24) is 19.9 Å². The number of fused-ring (bicyclic) bond motifs is 1. The summed E-state index contributed by atoms with van der Waals surface area (Å²) in [7, 11) is 1.37. The lowest BCUT2D eigenvalue weighted by Crippen LogP contribution is -2.50.